The lowest BCUT2D eigenvalue weighted by atomic mass is 10.1. The summed E-state index contributed by atoms with van der Waals surface area (Å²) in [5, 5.41) is 0. The Morgan fingerprint density at radius 2 is 2.24 bits per heavy atom. The molecule has 17 heavy (non-hydrogen) atoms. The number of aromatic nitrogens is 2. The largest absolute Gasteiger partial charge is 0.377 e. The van der Waals surface area contributed by atoms with Crippen molar-refractivity contribution in [3.05, 3.63) is 18.0 Å². The van der Waals surface area contributed by atoms with Crippen LogP contribution in [0.5, 0.6) is 0 Å². The molecule has 0 aliphatic carbocycles. The lowest BCUT2D eigenvalue weighted by Gasteiger charge is -2.31. The molecular weight excluding hydrogens is 216 g/mol. The van der Waals surface area contributed by atoms with Gasteiger partial charge in [-0.15, -0.1) is 0 Å². The van der Waals surface area contributed by atoms with Crippen LogP contribution in [0.15, 0.2) is 12.3 Å². The SMILES string of the molecule is Cc1ccnc(N2CCC(OCCN)CC2)n1. The summed E-state index contributed by atoms with van der Waals surface area (Å²) in [5.74, 6) is 0.835. The van der Waals surface area contributed by atoms with Crippen molar-refractivity contribution in [2.75, 3.05) is 31.1 Å². The molecule has 0 saturated carbocycles. The Bertz CT molecular complexity index is 350. The van der Waals surface area contributed by atoms with Crippen molar-refractivity contribution < 1.29 is 4.74 Å². The number of aryl methyl sites for hydroxylation is 1. The zero-order chi connectivity index (χ0) is 12.1. The molecule has 2 rings (SSSR count). The molecule has 0 amide bonds. The summed E-state index contributed by atoms with van der Waals surface area (Å²) >= 11 is 0. The summed E-state index contributed by atoms with van der Waals surface area (Å²) < 4.78 is 5.65. The fourth-order valence-corrected chi connectivity index (χ4v) is 2.05. The van der Waals surface area contributed by atoms with Crippen LogP contribution in [-0.2, 0) is 4.74 Å². The summed E-state index contributed by atoms with van der Waals surface area (Å²) in [6.07, 6.45) is 4.21. The minimum atomic E-state index is 0.347. The number of piperidine rings is 1. The fourth-order valence-electron chi connectivity index (χ4n) is 2.05. The quantitative estimate of drug-likeness (QED) is 0.835. The molecule has 1 fully saturated rings. The van der Waals surface area contributed by atoms with Crippen molar-refractivity contribution in [2.24, 2.45) is 5.73 Å². The minimum Gasteiger partial charge on any atom is -0.377 e. The molecule has 5 nitrogen and oxygen atoms in total. The summed E-state index contributed by atoms with van der Waals surface area (Å²) in [7, 11) is 0. The lowest BCUT2D eigenvalue weighted by Crippen LogP contribution is -2.38. The second-order valence-corrected chi connectivity index (χ2v) is 4.34. The van der Waals surface area contributed by atoms with Crippen molar-refractivity contribution in [1.29, 1.82) is 0 Å². The maximum Gasteiger partial charge on any atom is 0.225 e. The molecular formula is C12H20N4O. The molecule has 1 aliphatic heterocycles. The van der Waals surface area contributed by atoms with Crippen LogP contribution in [0, 0.1) is 6.92 Å². The third-order valence-electron chi connectivity index (χ3n) is 2.98. The Hall–Kier alpha value is -1.20. The molecule has 0 atom stereocenters. The van der Waals surface area contributed by atoms with Crippen LogP contribution in [0.4, 0.5) is 5.95 Å². The van der Waals surface area contributed by atoms with E-state index in [4.69, 9.17) is 10.5 Å². The molecule has 1 aliphatic rings. The van der Waals surface area contributed by atoms with Crippen LogP contribution in [0.3, 0.4) is 0 Å². The van der Waals surface area contributed by atoms with Gasteiger partial charge in [0.05, 0.1) is 12.7 Å². The van der Waals surface area contributed by atoms with E-state index < -0.39 is 0 Å². The number of anilines is 1. The molecule has 2 N–H and O–H groups in total. The fraction of sp³-hybridized carbons (Fsp3) is 0.667. The maximum absolute atomic E-state index is 5.65. The molecule has 0 bridgehead atoms. The van der Waals surface area contributed by atoms with Gasteiger partial charge < -0.3 is 15.4 Å². The highest BCUT2D eigenvalue weighted by molar-refractivity contribution is 5.30. The van der Waals surface area contributed by atoms with Crippen molar-refractivity contribution in [2.45, 2.75) is 25.9 Å². The van der Waals surface area contributed by atoms with E-state index in [1.165, 1.54) is 0 Å². The van der Waals surface area contributed by atoms with E-state index in [1.807, 2.05) is 19.2 Å². The topological polar surface area (TPSA) is 64.3 Å². The van der Waals surface area contributed by atoms with E-state index in [9.17, 15) is 0 Å². The standard InChI is InChI=1S/C12H20N4O/c1-10-2-6-14-12(15-10)16-7-3-11(4-8-16)17-9-5-13/h2,6,11H,3-5,7-9,13H2,1H3. The molecule has 0 unspecified atom stereocenters. The van der Waals surface area contributed by atoms with Crippen LogP contribution in [-0.4, -0.2) is 42.3 Å². The predicted octanol–water partition coefficient (Wildman–Crippen LogP) is 0.729. The van der Waals surface area contributed by atoms with Gasteiger partial charge in [0.1, 0.15) is 0 Å². The molecule has 2 heterocycles. The van der Waals surface area contributed by atoms with Gasteiger partial charge in [-0.05, 0) is 25.8 Å². The first-order chi connectivity index (χ1) is 8.29. The van der Waals surface area contributed by atoms with Crippen LogP contribution >= 0.6 is 0 Å². The molecule has 5 heteroatoms. The van der Waals surface area contributed by atoms with Gasteiger partial charge in [-0.1, -0.05) is 0 Å². The first-order valence-corrected chi connectivity index (χ1v) is 6.16. The van der Waals surface area contributed by atoms with Gasteiger partial charge in [0.15, 0.2) is 0 Å². The van der Waals surface area contributed by atoms with Gasteiger partial charge in [-0.2, -0.15) is 0 Å². The Kier molecular flexibility index (Phi) is 4.28. The second-order valence-electron chi connectivity index (χ2n) is 4.34. The lowest BCUT2D eigenvalue weighted by molar-refractivity contribution is 0.0420. The van der Waals surface area contributed by atoms with Gasteiger partial charge >= 0.3 is 0 Å². The van der Waals surface area contributed by atoms with Gasteiger partial charge in [-0.25, -0.2) is 9.97 Å². The number of rotatable bonds is 4. The number of hydrogen-bond donors (Lipinski definition) is 1. The Labute approximate surface area is 102 Å². The van der Waals surface area contributed by atoms with Gasteiger partial charge in [0, 0.05) is 31.5 Å². The molecule has 1 aromatic heterocycles. The summed E-state index contributed by atoms with van der Waals surface area (Å²) in [6, 6.07) is 1.92. The molecule has 94 valence electrons. The number of nitrogens with zero attached hydrogens (tertiary/aromatic N) is 3. The second kappa shape index (κ2) is 5.93. The Balaban J connectivity index is 1.86. The highest BCUT2D eigenvalue weighted by Gasteiger charge is 2.21. The average molecular weight is 236 g/mol. The highest BCUT2D eigenvalue weighted by atomic mass is 16.5. The number of hydrogen-bond acceptors (Lipinski definition) is 5. The molecule has 0 aromatic carbocycles. The summed E-state index contributed by atoms with van der Waals surface area (Å²) in [4.78, 5) is 11.0. The zero-order valence-electron chi connectivity index (χ0n) is 10.3. The van der Waals surface area contributed by atoms with Crippen LogP contribution < -0.4 is 10.6 Å². The zero-order valence-corrected chi connectivity index (χ0v) is 10.3. The normalized spacial score (nSPS) is 17.4. The van der Waals surface area contributed by atoms with E-state index in [1.54, 1.807) is 0 Å². The molecule has 1 aromatic rings. The monoisotopic (exact) mass is 236 g/mol. The van der Waals surface area contributed by atoms with Crippen molar-refractivity contribution in [3.63, 3.8) is 0 Å². The van der Waals surface area contributed by atoms with E-state index in [0.29, 0.717) is 19.3 Å². The molecule has 0 radical (unpaired) electrons. The smallest absolute Gasteiger partial charge is 0.225 e. The van der Waals surface area contributed by atoms with Crippen molar-refractivity contribution in [1.82, 2.24) is 9.97 Å². The number of nitrogens with two attached hydrogens (primary N) is 1. The predicted molar refractivity (Wildman–Crippen MR) is 67.0 cm³/mol. The highest BCUT2D eigenvalue weighted by Crippen LogP contribution is 2.17. The summed E-state index contributed by atoms with van der Waals surface area (Å²) in [6.45, 7) is 5.16. The summed E-state index contributed by atoms with van der Waals surface area (Å²) in [5.41, 5.74) is 6.44. The van der Waals surface area contributed by atoms with Gasteiger partial charge in [0.2, 0.25) is 5.95 Å². The van der Waals surface area contributed by atoms with Crippen LogP contribution in [0.1, 0.15) is 18.5 Å². The Morgan fingerprint density at radius 1 is 1.47 bits per heavy atom. The first-order valence-electron chi connectivity index (χ1n) is 6.16. The third-order valence-corrected chi connectivity index (χ3v) is 2.98. The maximum atomic E-state index is 5.65. The van der Waals surface area contributed by atoms with E-state index in [-0.39, 0.29) is 0 Å². The average Bonchev–Trinajstić information content (AvgIpc) is 2.37. The van der Waals surface area contributed by atoms with Crippen LogP contribution in [0.25, 0.3) is 0 Å². The first kappa shape index (κ1) is 12.3. The Morgan fingerprint density at radius 3 is 2.88 bits per heavy atom. The van der Waals surface area contributed by atoms with Crippen molar-refractivity contribution >= 4 is 5.95 Å². The van der Waals surface area contributed by atoms with E-state index >= 15 is 0 Å². The van der Waals surface area contributed by atoms with Gasteiger partial charge in [-0.3, -0.25) is 0 Å². The van der Waals surface area contributed by atoms with Crippen molar-refractivity contribution in [3.8, 4) is 0 Å². The molecule has 0 spiro atoms. The van der Waals surface area contributed by atoms with E-state index in [2.05, 4.69) is 14.9 Å². The van der Waals surface area contributed by atoms with E-state index in [0.717, 1.165) is 37.6 Å². The van der Waals surface area contributed by atoms with Gasteiger partial charge in [0.25, 0.3) is 0 Å². The molecule has 1 saturated heterocycles. The third kappa shape index (κ3) is 3.38. The minimum absolute atomic E-state index is 0.347. The van der Waals surface area contributed by atoms with Crippen LogP contribution in [0.2, 0.25) is 0 Å². The number of ether oxygens (including phenoxy) is 1.